The molecule has 0 spiro atoms. The molecule has 5 heteroatoms. The van der Waals surface area contributed by atoms with E-state index in [1.54, 1.807) is 18.2 Å². The third-order valence-corrected chi connectivity index (χ3v) is 4.18. The number of thiophene rings is 1. The fourth-order valence-electron chi connectivity index (χ4n) is 1.84. The van der Waals surface area contributed by atoms with Crippen molar-refractivity contribution in [3.63, 3.8) is 0 Å². The van der Waals surface area contributed by atoms with Gasteiger partial charge in [-0.3, -0.25) is 0 Å². The Morgan fingerprint density at radius 2 is 1.84 bits per heavy atom. The van der Waals surface area contributed by atoms with Crippen molar-refractivity contribution in [3.05, 3.63) is 46.8 Å². The molecule has 0 saturated carbocycles. The number of benzene rings is 1. The molecule has 2 rings (SSSR count). The van der Waals surface area contributed by atoms with Gasteiger partial charge in [-0.15, -0.1) is 11.3 Å². The summed E-state index contributed by atoms with van der Waals surface area (Å²) >= 11 is 1.32. The Bertz CT molecular complexity index is 560. The quantitative estimate of drug-likeness (QED) is 0.857. The van der Waals surface area contributed by atoms with Crippen LogP contribution >= 0.6 is 11.3 Å². The summed E-state index contributed by atoms with van der Waals surface area (Å²) in [6, 6.07) is 9.02. The Balaban J connectivity index is 2.45. The lowest BCUT2D eigenvalue weighted by atomic mass is 10.1. The molecule has 1 aromatic heterocycles. The molecule has 0 saturated heterocycles. The van der Waals surface area contributed by atoms with Crippen molar-refractivity contribution in [1.29, 1.82) is 0 Å². The smallest absolute Gasteiger partial charge is 0.323 e. The summed E-state index contributed by atoms with van der Waals surface area (Å²) in [5.41, 5.74) is 5.51. The molecule has 0 aliphatic carbocycles. The Morgan fingerprint density at radius 1 is 1.16 bits per heavy atom. The van der Waals surface area contributed by atoms with Gasteiger partial charge in [-0.25, -0.2) is 0 Å². The molecule has 0 amide bonds. The molecule has 1 aromatic carbocycles. The highest BCUT2D eigenvalue weighted by Gasteiger charge is 2.33. The van der Waals surface area contributed by atoms with Crippen LogP contribution in [0.4, 0.5) is 13.2 Å². The van der Waals surface area contributed by atoms with Gasteiger partial charge in [0.1, 0.15) is 0 Å². The van der Waals surface area contributed by atoms with Crippen molar-refractivity contribution in [2.75, 3.05) is 0 Å². The van der Waals surface area contributed by atoms with Gasteiger partial charge in [0.15, 0.2) is 0 Å². The summed E-state index contributed by atoms with van der Waals surface area (Å²) in [5.74, 6) is 0. The van der Waals surface area contributed by atoms with Crippen molar-refractivity contribution in [3.8, 4) is 10.4 Å². The second kappa shape index (κ2) is 5.35. The molecule has 2 N–H and O–H groups in total. The molecule has 1 unspecified atom stereocenters. The van der Waals surface area contributed by atoms with E-state index in [1.807, 2.05) is 6.92 Å². The minimum absolute atomic E-state index is 0.114. The van der Waals surface area contributed by atoms with Gasteiger partial charge in [-0.05, 0) is 24.6 Å². The van der Waals surface area contributed by atoms with Crippen molar-refractivity contribution < 1.29 is 13.2 Å². The summed E-state index contributed by atoms with van der Waals surface area (Å²) in [5, 5.41) is 0. The Hall–Kier alpha value is -1.33. The summed E-state index contributed by atoms with van der Waals surface area (Å²) in [4.78, 5) is 1.52. The minimum Gasteiger partial charge on any atom is -0.323 e. The molecule has 0 aliphatic rings. The zero-order valence-electron chi connectivity index (χ0n) is 10.4. The molecule has 0 radical (unpaired) electrons. The topological polar surface area (TPSA) is 26.0 Å². The van der Waals surface area contributed by atoms with Crippen LogP contribution in [0.2, 0.25) is 0 Å². The van der Waals surface area contributed by atoms with E-state index in [0.717, 1.165) is 17.4 Å². The first-order chi connectivity index (χ1) is 8.93. The Labute approximate surface area is 113 Å². The summed E-state index contributed by atoms with van der Waals surface area (Å²) in [7, 11) is 0. The van der Waals surface area contributed by atoms with Gasteiger partial charge >= 0.3 is 6.18 Å². The van der Waals surface area contributed by atoms with Crippen LogP contribution in [-0.4, -0.2) is 0 Å². The SMILES string of the molecule is CCC(N)c1ccc(-c2ccccc2C(F)(F)F)s1. The molecule has 1 heterocycles. The van der Waals surface area contributed by atoms with Gasteiger partial charge in [-0.2, -0.15) is 13.2 Å². The van der Waals surface area contributed by atoms with E-state index >= 15 is 0 Å². The lowest BCUT2D eigenvalue weighted by Gasteiger charge is -2.11. The van der Waals surface area contributed by atoms with Gasteiger partial charge < -0.3 is 5.73 Å². The molecule has 0 aliphatic heterocycles. The van der Waals surface area contributed by atoms with Crippen molar-refractivity contribution in [2.45, 2.75) is 25.6 Å². The highest BCUT2D eigenvalue weighted by atomic mass is 32.1. The molecule has 1 nitrogen and oxygen atoms in total. The first kappa shape index (κ1) is 14.1. The maximum Gasteiger partial charge on any atom is 0.417 e. The third kappa shape index (κ3) is 2.98. The first-order valence-corrected chi connectivity index (χ1v) is 6.77. The van der Waals surface area contributed by atoms with Crippen LogP contribution in [0.1, 0.15) is 29.8 Å². The van der Waals surface area contributed by atoms with Crippen LogP contribution in [0.25, 0.3) is 10.4 Å². The maximum absolute atomic E-state index is 12.9. The van der Waals surface area contributed by atoms with Crippen molar-refractivity contribution in [1.82, 2.24) is 0 Å². The molecule has 102 valence electrons. The van der Waals surface area contributed by atoms with Crippen molar-refractivity contribution in [2.24, 2.45) is 5.73 Å². The van der Waals surface area contributed by atoms with Gasteiger partial charge in [0, 0.05) is 21.4 Å². The molecule has 19 heavy (non-hydrogen) atoms. The minimum atomic E-state index is -4.34. The standard InChI is InChI=1S/C14H14F3NS/c1-2-11(18)13-8-7-12(19-13)9-5-3-4-6-10(9)14(15,16)17/h3-8,11H,2,18H2,1H3. The normalized spacial score (nSPS) is 13.5. The summed E-state index contributed by atoms with van der Waals surface area (Å²) in [6.45, 7) is 1.95. The molecule has 1 atom stereocenters. The van der Waals surface area contributed by atoms with Gasteiger partial charge in [-0.1, -0.05) is 25.1 Å². The molecule has 0 bridgehead atoms. The second-order valence-electron chi connectivity index (χ2n) is 4.26. The number of hydrogen-bond acceptors (Lipinski definition) is 2. The third-order valence-electron chi connectivity index (χ3n) is 2.93. The highest BCUT2D eigenvalue weighted by molar-refractivity contribution is 7.15. The summed E-state index contributed by atoms with van der Waals surface area (Å²) < 4.78 is 38.8. The lowest BCUT2D eigenvalue weighted by molar-refractivity contribution is -0.137. The second-order valence-corrected chi connectivity index (χ2v) is 5.38. The van der Waals surface area contributed by atoms with Crippen molar-refractivity contribution >= 4 is 11.3 Å². The summed E-state index contributed by atoms with van der Waals surface area (Å²) in [6.07, 6.45) is -3.57. The van der Waals surface area contributed by atoms with Crippen LogP contribution in [0, 0.1) is 0 Å². The Kier molecular flexibility index (Phi) is 3.96. The number of hydrogen-bond donors (Lipinski definition) is 1. The fraction of sp³-hybridized carbons (Fsp3) is 0.286. The van der Waals surface area contributed by atoms with E-state index < -0.39 is 11.7 Å². The Morgan fingerprint density at radius 3 is 2.47 bits per heavy atom. The fourth-order valence-corrected chi connectivity index (χ4v) is 2.98. The highest BCUT2D eigenvalue weighted by Crippen LogP contribution is 2.40. The van der Waals surface area contributed by atoms with E-state index in [1.165, 1.54) is 23.5 Å². The zero-order chi connectivity index (χ0) is 14.0. The van der Waals surface area contributed by atoms with Crippen LogP contribution in [0.15, 0.2) is 36.4 Å². The van der Waals surface area contributed by atoms with E-state index in [0.29, 0.717) is 4.88 Å². The molecule has 2 aromatic rings. The van der Waals surface area contributed by atoms with Crippen LogP contribution < -0.4 is 5.73 Å². The monoisotopic (exact) mass is 285 g/mol. The molecule has 0 fully saturated rings. The van der Waals surface area contributed by atoms with Gasteiger partial charge in [0.05, 0.1) is 5.56 Å². The van der Waals surface area contributed by atoms with E-state index in [2.05, 4.69) is 0 Å². The predicted octanol–water partition coefficient (Wildman–Crippen LogP) is 4.84. The number of alkyl halides is 3. The zero-order valence-corrected chi connectivity index (χ0v) is 11.2. The molecular weight excluding hydrogens is 271 g/mol. The van der Waals surface area contributed by atoms with Gasteiger partial charge in [0.25, 0.3) is 0 Å². The predicted molar refractivity (Wildman–Crippen MR) is 72.0 cm³/mol. The average Bonchev–Trinajstić information content (AvgIpc) is 2.86. The average molecular weight is 285 g/mol. The largest absolute Gasteiger partial charge is 0.417 e. The van der Waals surface area contributed by atoms with Crippen LogP contribution in [0.5, 0.6) is 0 Å². The number of halogens is 3. The van der Waals surface area contributed by atoms with E-state index in [-0.39, 0.29) is 11.6 Å². The van der Waals surface area contributed by atoms with E-state index in [4.69, 9.17) is 5.73 Å². The van der Waals surface area contributed by atoms with Gasteiger partial charge in [0.2, 0.25) is 0 Å². The lowest BCUT2D eigenvalue weighted by Crippen LogP contribution is -2.06. The first-order valence-electron chi connectivity index (χ1n) is 5.95. The maximum atomic E-state index is 12.9. The van der Waals surface area contributed by atoms with Crippen LogP contribution in [-0.2, 0) is 6.18 Å². The molecular formula is C14H14F3NS. The number of rotatable bonds is 3. The van der Waals surface area contributed by atoms with Crippen LogP contribution in [0.3, 0.4) is 0 Å². The van der Waals surface area contributed by atoms with E-state index in [9.17, 15) is 13.2 Å². The number of nitrogens with two attached hydrogens (primary N) is 1.